The van der Waals surface area contributed by atoms with Crippen LogP contribution in [0.5, 0.6) is 11.5 Å². The van der Waals surface area contributed by atoms with Crippen molar-refractivity contribution in [3.05, 3.63) is 132 Å². The molecule has 1 saturated heterocycles. The average molecular weight is 808 g/mol. The molecule has 5 aromatic carbocycles. The van der Waals surface area contributed by atoms with Crippen molar-refractivity contribution in [3.63, 3.8) is 0 Å². The highest BCUT2D eigenvalue weighted by molar-refractivity contribution is 7.90. The Morgan fingerprint density at radius 2 is 1.67 bits per heavy atom. The second kappa shape index (κ2) is 17.7. The van der Waals surface area contributed by atoms with Crippen LogP contribution in [0.15, 0.2) is 120 Å². The van der Waals surface area contributed by atoms with Crippen molar-refractivity contribution in [2.45, 2.75) is 17.9 Å². The Morgan fingerprint density at radius 3 is 2.44 bits per heavy atom. The lowest BCUT2D eigenvalue weighted by molar-refractivity contribution is 0.0979. The molecule has 0 atom stereocenters. The summed E-state index contributed by atoms with van der Waals surface area (Å²) in [4.78, 5) is 23.6. The number of benzene rings is 5. The Hall–Kier alpha value is -5.57. The van der Waals surface area contributed by atoms with Gasteiger partial charge in [0, 0.05) is 73.1 Å². The van der Waals surface area contributed by atoms with Crippen LogP contribution in [0.2, 0.25) is 5.02 Å². The molecule has 0 saturated carbocycles. The SMILES string of the molecule is CN(C)CCCNc1ccc(S(=O)(=O)NC(=O)c2ccc(N3CCN(Cc4ccccc4-c4ccc(Cl)cc4)CC3)cc2Oc2cccc3[nH]ccc23)cc1NO. The first-order valence-corrected chi connectivity index (χ1v) is 20.6. The zero-order valence-corrected chi connectivity index (χ0v) is 33.4. The van der Waals surface area contributed by atoms with Gasteiger partial charge in [-0.3, -0.25) is 20.4 Å². The third kappa shape index (κ3) is 9.53. The lowest BCUT2D eigenvalue weighted by Crippen LogP contribution is -2.46. The molecule has 57 heavy (non-hydrogen) atoms. The maximum Gasteiger partial charge on any atom is 0.268 e. The van der Waals surface area contributed by atoms with E-state index in [9.17, 15) is 18.4 Å². The molecule has 1 aliphatic heterocycles. The molecular weight excluding hydrogens is 762 g/mol. The number of nitrogens with zero attached hydrogens (tertiary/aromatic N) is 3. The minimum absolute atomic E-state index is 0.0481. The van der Waals surface area contributed by atoms with Gasteiger partial charge in [-0.2, -0.15) is 0 Å². The first-order valence-electron chi connectivity index (χ1n) is 18.8. The summed E-state index contributed by atoms with van der Waals surface area (Å²) in [7, 11) is -0.400. The van der Waals surface area contributed by atoms with Gasteiger partial charge in [0.2, 0.25) is 0 Å². The third-order valence-electron chi connectivity index (χ3n) is 10.0. The number of rotatable bonds is 15. The van der Waals surface area contributed by atoms with Gasteiger partial charge in [-0.25, -0.2) is 13.1 Å². The maximum absolute atomic E-state index is 13.9. The molecule has 0 aliphatic carbocycles. The fourth-order valence-electron chi connectivity index (χ4n) is 7.01. The summed E-state index contributed by atoms with van der Waals surface area (Å²) in [5, 5.41) is 14.5. The highest BCUT2D eigenvalue weighted by Crippen LogP contribution is 2.35. The van der Waals surface area contributed by atoms with Crippen molar-refractivity contribution < 1.29 is 23.2 Å². The molecule has 0 radical (unpaired) electrons. The van der Waals surface area contributed by atoms with Gasteiger partial charge in [-0.05, 0) is 104 Å². The monoisotopic (exact) mass is 807 g/mol. The van der Waals surface area contributed by atoms with Crippen LogP contribution in [-0.2, 0) is 16.6 Å². The van der Waals surface area contributed by atoms with Gasteiger partial charge in [0.15, 0.2) is 0 Å². The average Bonchev–Trinajstić information content (AvgIpc) is 3.70. The van der Waals surface area contributed by atoms with Gasteiger partial charge < -0.3 is 24.8 Å². The summed E-state index contributed by atoms with van der Waals surface area (Å²) >= 11 is 6.16. The molecule has 14 heteroatoms. The van der Waals surface area contributed by atoms with Gasteiger partial charge in [0.25, 0.3) is 15.9 Å². The normalized spacial score (nSPS) is 13.5. The van der Waals surface area contributed by atoms with Crippen LogP contribution in [0.3, 0.4) is 0 Å². The number of sulfonamides is 1. The molecule has 296 valence electrons. The molecule has 12 nitrogen and oxygen atoms in total. The van der Waals surface area contributed by atoms with Crippen molar-refractivity contribution in [2.75, 3.05) is 69.1 Å². The molecule has 2 heterocycles. The van der Waals surface area contributed by atoms with Gasteiger partial charge in [0.1, 0.15) is 11.5 Å². The van der Waals surface area contributed by atoms with Crippen molar-refractivity contribution >= 4 is 55.5 Å². The van der Waals surface area contributed by atoms with Crippen molar-refractivity contribution in [1.82, 2.24) is 19.5 Å². The quantitative estimate of drug-likeness (QED) is 0.0514. The van der Waals surface area contributed by atoms with Crippen LogP contribution in [0.25, 0.3) is 22.0 Å². The van der Waals surface area contributed by atoms with E-state index in [1.807, 2.05) is 68.8 Å². The summed E-state index contributed by atoms with van der Waals surface area (Å²) < 4.78 is 35.9. The summed E-state index contributed by atoms with van der Waals surface area (Å²) in [6.07, 6.45) is 2.65. The summed E-state index contributed by atoms with van der Waals surface area (Å²) in [5.74, 6) is -0.131. The van der Waals surface area contributed by atoms with E-state index in [4.69, 9.17) is 16.3 Å². The summed E-state index contributed by atoms with van der Waals surface area (Å²) in [6, 6.07) is 33.2. The van der Waals surface area contributed by atoms with E-state index in [-0.39, 0.29) is 21.9 Å². The number of carbonyl (C=O) groups excluding carboxylic acids is 1. The lowest BCUT2D eigenvalue weighted by Gasteiger charge is -2.36. The highest BCUT2D eigenvalue weighted by Gasteiger charge is 2.25. The number of hydrogen-bond acceptors (Lipinski definition) is 10. The second-order valence-corrected chi connectivity index (χ2v) is 16.4. The topological polar surface area (TPSA) is 142 Å². The predicted molar refractivity (Wildman–Crippen MR) is 227 cm³/mol. The second-order valence-electron chi connectivity index (χ2n) is 14.2. The van der Waals surface area contributed by atoms with Crippen LogP contribution in [-0.4, -0.2) is 87.7 Å². The molecule has 0 spiro atoms. The molecule has 0 unspecified atom stereocenters. The van der Waals surface area contributed by atoms with Gasteiger partial charge in [-0.1, -0.05) is 54.1 Å². The Morgan fingerprint density at radius 1 is 0.877 bits per heavy atom. The predicted octanol–water partition coefficient (Wildman–Crippen LogP) is 7.89. The van der Waals surface area contributed by atoms with E-state index in [1.165, 1.54) is 23.3 Å². The number of hydrogen-bond donors (Lipinski definition) is 5. The summed E-state index contributed by atoms with van der Waals surface area (Å²) in [6.45, 7) is 5.35. The Balaban J connectivity index is 1.09. The number of aromatic amines is 1. The first kappa shape index (κ1) is 39.7. The number of amides is 1. The van der Waals surface area contributed by atoms with E-state index >= 15 is 0 Å². The molecular formula is C43H46ClN7O5S. The number of nitrogens with one attached hydrogen (secondary N) is 4. The number of aromatic nitrogens is 1. The fourth-order valence-corrected chi connectivity index (χ4v) is 8.13. The smallest absolute Gasteiger partial charge is 0.268 e. The number of fused-ring (bicyclic) bond motifs is 1. The molecule has 7 rings (SSSR count). The molecule has 1 aliphatic rings. The summed E-state index contributed by atoms with van der Waals surface area (Å²) in [5.41, 5.74) is 8.04. The number of ether oxygens (including phenoxy) is 1. The van der Waals surface area contributed by atoms with Crippen LogP contribution in [0.4, 0.5) is 17.1 Å². The zero-order valence-electron chi connectivity index (χ0n) is 31.8. The Kier molecular flexibility index (Phi) is 12.3. The Labute approximate surface area is 338 Å². The van der Waals surface area contributed by atoms with Crippen LogP contribution in [0, 0.1) is 0 Å². The molecule has 1 aromatic heterocycles. The number of piperazine rings is 1. The van der Waals surface area contributed by atoms with Crippen LogP contribution < -0.4 is 25.2 Å². The van der Waals surface area contributed by atoms with Gasteiger partial charge in [0.05, 0.1) is 21.8 Å². The molecule has 6 aromatic rings. The molecule has 0 bridgehead atoms. The minimum Gasteiger partial charge on any atom is -0.456 e. The van der Waals surface area contributed by atoms with Crippen LogP contribution >= 0.6 is 11.6 Å². The van der Waals surface area contributed by atoms with Crippen molar-refractivity contribution in [1.29, 1.82) is 0 Å². The van der Waals surface area contributed by atoms with E-state index in [1.54, 1.807) is 24.3 Å². The minimum atomic E-state index is -4.36. The standard InChI is InChI=1S/C43H46ClN7O5S/c1-49(2)22-6-20-45-39-18-16-34(28-40(39)47-53)57(54,55)48-43(52)37-17-15-33(27-42(37)56-41-10-5-9-38-36(41)19-21-46-38)51-25-23-50(24-26-51)29-31-7-3-4-8-35(31)30-11-13-32(44)14-12-30/h3-5,7-19,21,27-28,45-47,53H,6,20,22-26,29H2,1-2H3,(H,48,52). The van der Waals surface area contributed by atoms with Gasteiger partial charge >= 0.3 is 0 Å². The van der Waals surface area contributed by atoms with Crippen molar-refractivity contribution in [2.24, 2.45) is 0 Å². The molecule has 1 fully saturated rings. The Bertz CT molecular complexity index is 2450. The number of halogens is 1. The van der Waals surface area contributed by atoms with Gasteiger partial charge in [-0.15, -0.1) is 0 Å². The van der Waals surface area contributed by atoms with E-state index in [0.29, 0.717) is 23.0 Å². The van der Waals surface area contributed by atoms with E-state index in [0.717, 1.165) is 67.8 Å². The lowest BCUT2D eigenvalue weighted by atomic mass is 9.99. The fraction of sp³-hybridized carbons (Fsp3) is 0.233. The van der Waals surface area contributed by atoms with Crippen LogP contribution in [0.1, 0.15) is 22.3 Å². The van der Waals surface area contributed by atoms with Crippen molar-refractivity contribution in [3.8, 4) is 22.6 Å². The van der Waals surface area contributed by atoms with E-state index < -0.39 is 15.9 Å². The number of anilines is 3. The largest absolute Gasteiger partial charge is 0.456 e. The third-order valence-corrected chi connectivity index (χ3v) is 11.6. The maximum atomic E-state index is 13.9. The highest BCUT2D eigenvalue weighted by atomic mass is 35.5. The number of H-pyrrole nitrogens is 1. The molecule has 1 amide bonds. The molecule has 5 N–H and O–H groups in total. The number of carbonyl (C=O) groups is 1. The first-order chi connectivity index (χ1) is 27.6. The zero-order chi connectivity index (χ0) is 39.9. The van der Waals surface area contributed by atoms with E-state index in [2.05, 4.69) is 59.5 Å².